The van der Waals surface area contributed by atoms with Crippen molar-refractivity contribution in [1.82, 2.24) is 9.29 Å². The van der Waals surface area contributed by atoms with Gasteiger partial charge in [-0.3, -0.25) is 4.79 Å². The summed E-state index contributed by atoms with van der Waals surface area (Å²) in [7, 11) is -6.37. The molecule has 2 rings (SSSR count). The van der Waals surface area contributed by atoms with Gasteiger partial charge in [-0.25, -0.2) is 21.8 Å². The van der Waals surface area contributed by atoms with E-state index in [9.17, 15) is 21.6 Å². The Hall–Kier alpha value is -2.30. The number of carbonyl (C=O) groups is 1. The highest BCUT2D eigenvalue weighted by Gasteiger charge is 2.26. The number of hydrogen-bond donors (Lipinski definition) is 1. The number of likely N-dealkylation sites (N-methyl/N-ethyl adjacent to an activating group) is 1. The lowest BCUT2D eigenvalue weighted by atomic mass is 10.2. The van der Waals surface area contributed by atoms with Gasteiger partial charge in [0.05, 0.1) is 16.3 Å². The van der Waals surface area contributed by atoms with Crippen molar-refractivity contribution in [2.24, 2.45) is 0 Å². The third-order valence-electron chi connectivity index (χ3n) is 3.82. The highest BCUT2D eigenvalue weighted by Crippen LogP contribution is 2.23. The SMILES string of the molecule is Cc1ccc(NC(=O)CN(C)S(=O)(=O)c2cc(S(C)(=O)=O)ccc2C)nc1. The Bertz CT molecular complexity index is 1060. The maximum Gasteiger partial charge on any atom is 0.243 e. The van der Waals surface area contributed by atoms with E-state index in [1.165, 1.54) is 19.2 Å². The summed E-state index contributed by atoms with van der Waals surface area (Å²) < 4.78 is 49.9. The number of benzene rings is 1. The smallest absolute Gasteiger partial charge is 0.243 e. The number of nitrogens with zero attached hydrogens (tertiary/aromatic N) is 2. The first-order chi connectivity index (χ1) is 12.4. The number of aryl methyl sites for hydroxylation is 2. The van der Waals surface area contributed by atoms with Crippen LogP contribution in [0.5, 0.6) is 0 Å². The Morgan fingerprint density at radius 3 is 2.33 bits per heavy atom. The zero-order valence-electron chi connectivity index (χ0n) is 15.4. The van der Waals surface area contributed by atoms with Gasteiger partial charge in [-0.1, -0.05) is 12.1 Å². The van der Waals surface area contributed by atoms with E-state index in [4.69, 9.17) is 0 Å². The first-order valence-corrected chi connectivity index (χ1v) is 11.2. The summed E-state index contributed by atoms with van der Waals surface area (Å²) in [6, 6.07) is 7.26. The van der Waals surface area contributed by atoms with Crippen LogP contribution in [0.25, 0.3) is 0 Å². The van der Waals surface area contributed by atoms with Crippen LogP contribution in [0.1, 0.15) is 11.1 Å². The molecule has 2 aromatic rings. The van der Waals surface area contributed by atoms with Crippen molar-refractivity contribution < 1.29 is 21.6 Å². The van der Waals surface area contributed by atoms with Crippen LogP contribution in [0, 0.1) is 13.8 Å². The molecule has 1 N–H and O–H groups in total. The number of sulfone groups is 1. The number of amides is 1. The highest BCUT2D eigenvalue weighted by molar-refractivity contribution is 7.91. The second kappa shape index (κ2) is 7.75. The Labute approximate surface area is 159 Å². The molecule has 0 aliphatic rings. The van der Waals surface area contributed by atoms with E-state index in [1.54, 1.807) is 25.3 Å². The lowest BCUT2D eigenvalue weighted by molar-refractivity contribution is -0.116. The fourth-order valence-corrected chi connectivity index (χ4v) is 4.36. The molecule has 146 valence electrons. The van der Waals surface area contributed by atoms with Gasteiger partial charge in [-0.05, 0) is 43.2 Å². The minimum atomic E-state index is -4.06. The van der Waals surface area contributed by atoms with Gasteiger partial charge in [0, 0.05) is 19.5 Å². The number of rotatable bonds is 6. The summed E-state index contributed by atoms with van der Waals surface area (Å²) in [4.78, 5) is 15.9. The molecule has 10 heteroatoms. The Morgan fingerprint density at radius 1 is 1.11 bits per heavy atom. The van der Waals surface area contributed by atoms with Crippen LogP contribution < -0.4 is 5.32 Å². The summed E-state index contributed by atoms with van der Waals surface area (Å²) in [5, 5.41) is 2.52. The molecule has 0 radical (unpaired) electrons. The molecule has 27 heavy (non-hydrogen) atoms. The fraction of sp³-hybridized carbons (Fsp3) is 0.294. The van der Waals surface area contributed by atoms with Crippen molar-refractivity contribution in [2.75, 3.05) is 25.2 Å². The van der Waals surface area contributed by atoms with Crippen molar-refractivity contribution in [3.8, 4) is 0 Å². The first kappa shape index (κ1) is 21.0. The molecule has 0 atom stereocenters. The molecular formula is C17H21N3O5S2. The zero-order chi connectivity index (χ0) is 20.4. The van der Waals surface area contributed by atoms with E-state index in [2.05, 4.69) is 10.3 Å². The molecule has 1 amide bonds. The van der Waals surface area contributed by atoms with E-state index in [1.807, 2.05) is 6.92 Å². The summed E-state index contributed by atoms with van der Waals surface area (Å²) in [6.45, 7) is 2.97. The van der Waals surface area contributed by atoms with Crippen LogP contribution in [0.4, 0.5) is 5.82 Å². The van der Waals surface area contributed by atoms with E-state index in [0.29, 0.717) is 11.4 Å². The maximum atomic E-state index is 12.8. The Balaban J connectivity index is 2.23. The third-order valence-corrected chi connectivity index (χ3v) is 6.88. The molecule has 0 aliphatic heterocycles. The number of hydrogen-bond acceptors (Lipinski definition) is 6. The summed E-state index contributed by atoms with van der Waals surface area (Å²) in [5.41, 5.74) is 1.31. The van der Waals surface area contributed by atoms with Crippen molar-refractivity contribution >= 4 is 31.6 Å². The van der Waals surface area contributed by atoms with E-state index in [0.717, 1.165) is 22.2 Å². The molecule has 0 saturated heterocycles. The predicted molar refractivity (Wildman–Crippen MR) is 102 cm³/mol. The van der Waals surface area contributed by atoms with Gasteiger partial charge in [-0.2, -0.15) is 4.31 Å². The van der Waals surface area contributed by atoms with Gasteiger partial charge >= 0.3 is 0 Å². The van der Waals surface area contributed by atoms with Crippen LogP contribution in [-0.2, 0) is 24.7 Å². The quantitative estimate of drug-likeness (QED) is 0.768. The molecule has 0 fully saturated rings. The number of anilines is 1. The second-order valence-electron chi connectivity index (χ2n) is 6.23. The average Bonchev–Trinajstić information content (AvgIpc) is 2.56. The molecule has 0 unspecified atom stereocenters. The lowest BCUT2D eigenvalue weighted by Gasteiger charge is -2.18. The molecule has 0 bridgehead atoms. The number of pyridine rings is 1. The predicted octanol–water partition coefficient (Wildman–Crippen LogP) is 1.36. The molecule has 1 heterocycles. The Kier molecular flexibility index (Phi) is 6.03. The van der Waals surface area contributed by atoms with Crippen molar-refractivity contribution in [1.29, 1.82) is 0 Å². The maximum absolute atomic E-state index is 12.8. The summed E-state index contributed by atoms with van der Waals surface area (Å²) in [5.74, 6) is -0.249. The van der Waals surface area contributed by atoms with Crippen LogP contribution >= 0.6 is 0 Å². The zero-order valence-corrected chi connectivity index (χ0v) is 17.1. The number of nitrogens with one attached hydrogen (secondary N) is 1. The van der Waals surface area contributed by atoms with Gasteiger partial charge in [0.2, 0.25) is 15.9 Å². The van der Waals surface area contributed by atoms with E-state index >= 15 is 0 Å². The monoisotopic (exact) mass is 411 g/mol. The van der Waals surface area contributed by atoms with Crippen LogP contribution in [0.3, 0.4) is 0 Å². The largest absolute Gasteiger partial charge is 0.310 e. The summed E-state index contributed by atoms with van der Waals surface area (Å²) >= 11 is 0. The molecule has 1 aromatic carbocycles. The molecule has 0 spiro atoms. The van der Waals surface area contributed by atoms with E-state index < -0.39 is 32.3 Å². The highest BCUT2D eigenvalue weighted by atomic mass is 32.2. The molecule has 0 saturated carbocycles. The molecule has 1 aromatic heterocycles. The third kappa shape index (κ3) is 5.12. The van der Waals surface area contributed by atoms with Gasteiger partial charge < -0.3 is 5.32 Å². The van der Waals surface area contributed by atoms with E-state index in [-0.39, 0.29) is 9.79 Å². The number of carbonyl (C=O) groups excluding carboxylic acids is 1. The van der Waals surface area contributed by atoms with Crippen molar-refractivity contribution in [2.45, 2.75) is 23.6 Å². The first-order valence-electron chi connectivity index (χ1n) is 7.91. The lowest BCUT2D eigenvalue weighted by Crippen LogP contribution is -2.35. The van der Waals surface area contributed by atoms with Gasteiger partial charge in [-0.15, -0.1) is 0 Å². The molecule has 8 nitrogen and oxygen atoms in total. The van der Waals surface area contributed by atoms with Gasteiger partial charge in [0.15, 0.2) is 9.84 Å². The topological polar surface area (TPSA) is 114 Å². The van der Waals surface area contributed by atoms with Gasteiger partial charge in [0.25, 0.3) is 0 Å². The van der Waals surface area contributed by atoms with Crippen LogP contribution in [0.2, 0.25) is 0 Å². The average molecular weight is 412 g/mol. The molecule has 0 aliphatic carbocycles. The van der Waals surface area contributed by atoms with Crippen molar-refractivity contribution in [3.05, 3.63) is 47.7 Å². The number of aromatic nitrogens is 1. The Morgan fingerprint density at radius 2 is 1.78 bits per heavy atom. The van der Waals surface area contributed by atoms with Gasteiger partial charge in [0.1, 0.15) is 5.82 Å². The minimum absolute atomic E-state index is 0.103. The van der Waals surface area contributed by atoms with Crippen molar-refractivity contribution in [3.63, 3.8) is 0 Å². The molecular weight excluding hydrogens is 390 g/mol. The second-order valence-corrected chi connectivity index (χ2v) is 10.3. The standard InChI is InChI=1S/C17H21N3O5S2/c1-12-5-8-16(18-10-12)19-17(21)11-20(3)27(24,25)15-9-14(26(4,22)23)7-6-13(15)2/h5-10H,11H2,1-4H3,(H,18,19,21). The fourth-order valence-electron chi connectivity index (χ4n) is 2.27. The minimum Gasteiger partial charge on any atom is -0.310 e. The number of sulfonamides is 1. The summed E-state index contributed by atoms with van der Waals surface area (Å²) in [6.07, 6.45) is 2.58. The van der Waals surface area contributed by atoms with Crippen LogP contribution in [0.15, 0.2) is 46.3 Å². The normalized spacial score (nSPS) is 12.2. The van der Waals surface area contributed by atoms with Crippen LogP contribution in [-0.4, -0.2) is 51.9 Å².